The molecule has 3 aliphatic rings. The van der Waals surface area contributed by atoms with Crippen LogP contribution in [0.5, 0.6) is 0 Å². The zero-order chi connectivity index (χ0) is 40.7. The Morgan fingerprint density at radius 2 is 1.88 bits per heavy atom. The number of nitrogens with one attached hydrogen (secondary N) is 4. The van der Waals surface area contributed by atoms with Crippen molar-refractivity contribution in [3.8, 4) is 23.0 Å². The van der Waals surface area contributed by atoms with Gasteiger partial charge in [0.05, 0.1) is 5.56 Å². The van der Waals surface area contributed by atoms with Gasteiger partial charge in [0.15, 0.2) is 0 Å². The molecule has 5 heterocycles. The summed E-state index contributed by atoms with van der Waals surface area (Å²) in [6.45, 7) is 5.40. The maximum atomic E-state index is 16.0. The van der Waals surface area contributed by atoms with Gasteiger partial charge >= 0.3 is 0 Å². The first-order valence-electron chi connectivity index (χ1n) is 19.5. The van der Waals surface area contributed by atoms with Gasteiger partial charge in [-0.05, 0) is 84.3 Å². The van der Waals surface area contributed by atoms with Gasteiger partial charge < -0.3 is 25.4 Å². The zero-order valence-corrected chi connectivity index (χ0v) is 32.4. The Hall–Kier alpha value is -6.81. The number of pyridine rings is 1. The smallest absolute Gasteiger partial charge is 0.269 e. The van der Waals surface area contributed by atoms with Crippen molar-refractivity contribution in [1.82, 2.24) is 30.8 Å². The van der Waals surface area contributed by atoms with Gasteiger partial charge in [-0.1, -0.05) is 37.8 Å². The quantitative estimate of drug-likeness (QED) is 0.0873. The van der Waals surface area contributed by atoms with E-state index in [1.165, 1.54) is 11.1 Å². The summed E-state index contributed by atoms with van der Waals surface area (Å²) in [7, 11) is 1.61. The highest BCUT2D eigenvalue weighted by molar-refractivity contribution is 6.09. The molecule has 0 bridgehead atoms. The molecule has 4 N–H and O–H groups in total. The molecular weight excluding hydrogens is 738 g/mol. The Bertz CT molecular complexity index is 2590. The van der Waals surface area contributed by atoms with Crippen molar-refractivity contribution in [2.75, 3.05) is 25.0 Å². The molecule has 58 heavy (non-hydrogen) atoms. The van der Waals surface area contributed by atoms with Crippen LogP contribution in [-0.4, -0.2) is 70.6 Å². The van der Waals surface area contributed by atoms with Crippen LogP contribution in [0.4, 0.5) is 15.8 Å². The number of piperidine rings is 1. The Labute approximate surface area is 334 Å². The number of hydrogen-bond acceptors (Lipinski definition) is 7. The van der Waals surface area contributed by atoms with Crippen molar-refractivity contribution in [2.24, 2.45) is 0 Å². The highest BCUT2D eigenvalue weighted by atomic mass is 19.1. The van der Waals surface area contributed by atoms with Crippen molar-refractivity contribution < 1.29 is 28.4 Å². The first kappa shape index (κ1) is 38.1. The fraction of sp³-hybridized carbons (Fsp3) is 0.289. The second-order valence-corrected chi connectivity index (χ2v) is 15.1. The van der Waals surface area contributed by atoms with Crippen molar-refractivity contribution in [3.63, 3.8) is 0 Å². The molecule has 0 aliphatic carbocycles. The maximum Gasteiger partial charge on any atom is 0.269 e. The summed E-state index contributed by atoms with van der Waals surface area (Å²) in [5, 5.41) is 8.68. The SMILES string of the molecule is CNC(=O)c1c[nH]c2c(C(C)C)cc(N3CCCc4cc(-c5ccc(C(=O)NCCC#Cc6cccc7c6CN(C6CCC(=O)NC6=O)C7=O)nc5)c(F)cc43)cc12. The molecular formula is C45H42FN7O5. The third-order valence-corrected chi connectivity index (χ3v) is 11.1. The van der Waals surface area contributed by atoms with E-state index in [-0.39, 0.29) is 61.2 Å². The molecule has 3 aromatic carbocycles. The minimum absolute atomic E-state index is 0.176. The van der Waals surface area contributed by atoms with Gasteiger partial charge in [0.25, 0.3) is 17.7 Å². The number of carbonyl (C=O) groups is 5. The lowest BCUT2D eigenvalue weighted by molar-refractivity contribution is -0.136. The summed E-state index contributed by atoms with van der Waals surface area (Å²) in [6.07, 6.45) is 5.67. The molecule has 0 saturated carbocycles. The number of benzene rings is 3. The number of imide groups is 1. The number of halogens is 1. The molecule has 3 aliphatic heterocycles. The van der Waals surface area contributed by atoms with Crippen molar-refractivity contribution in [1.29, 1.82) is 0 Å². The molecule has 2 aromatic heterocycles. The third kappa shape index (κ3) is 7.06. The summed E-state index contributed by atoms with van der Waals surface area (Å²) >= 11 is 0. The monoisotopic (exact) mass is 779 g/mol. The van der Waals surface area contributed by atoms with Crippen LogP contribution < -0.4 is 20.9 Å². The average molecular weight is 780 g/mol. The van der Waals surface area contributed by atoms with E-state index >= 15 is 4.39 Å². The Balaban J connectivity index is 0.926. The normalized spacial score (nSPS) is 16.2. The average Bonchev–Trinajstić information content (AvgIpc) is 3.80. The number of nitrogens with zero attached hydrogens (tertiary/aromatic N) is 3. The lowest BCUT2D eigenvalue weighted by Crippen LogP contribution is -2.52. The fourth-order valence-corrected chi connectivity index (χ4v) is 8.15. The molecule has 5 amide bonds. The maximum absolute atomic E-state index is 16.0. The Morgan fingerprint density at radius 1 is 1.03 bits per heavy atom. The lowest BCUT2D eigenvalue weighted by atomic mass is 9.94. The summed E-state index contributed by atoms with van der Waals surface area (Å²) < 4.78 is 16.0. The molecule has 1 fully saturated rings. The van der Waals surface area contributed by atoms with E-state index in [0.29, 0.717) is 40.8 Å². The van der Waals surface area contributed by atoms with Crippen LogP contribution in [0, 0.1) is 17.7 Å². The van der Waals surface area contributed by atoms with Crippen molar-refractivity contribution in [3.05, 3.63) is 112 Å². The minimum Gasteiger partial charge on any atom is -0.360 e. The van der Waals surface area contributed by atoms with Gasteiger partial charge in [-0.2, -0.15) is 0 Å². The van der Waals surface area contributed by atoms with E-state index in [1.807, 2.05) is 18.2 Å². The molecule has 0 radical (unpaired) electrons. The molecule has 5 aromatic rings. The van der Waals surface area contributed by atoms with E-state index in [4.69, 9.17) is 0 Å². The van der Waals surface area contributed by atoms with Crippen LogP contribution in [0.3, 0.4) is 0 Å². The number of hydrogen-bond donors (Lipinski definition) is 4. The van der Waals surface area contributed by atoms with E-state index < -0.39 is 17.8 Å². The summed E-state index contributed by atoms with van der Waals surface area (Å²) in [5.41, 5.74) is 8.26. The summed E-state index contributed by atoms with van der Waals surface area (Å²) in [5.74, 6) is 4.31. The minimum atomic E-state index is -0.706. The number of carbonyl (C=O) groups excluding carboxylic acids is 5. The van der Waals surface area contributed by atoms with Crippen LogP contribution in [0.15, 0.2) is 67.0 Å². The first-order valence-corrected chi connectivity index (χ1v) is 19.5. The third-order valence-electron chi connectivity index (χ3n) is 11.1. The van der Waals surface area contributed by atoms with Gasteiger partial charge in [0.2, 0.25) is 11.8 Å². The van der Waals surface area contributed by atoms with Crippen LogP contribution in [-0.2, 0) is 22.6 Å². The summed E-state index contributed by atoms with van der Waals surface area (Å²) in [4.78, 5) is 74.0. The van der Waals surface area contributed by atoms with Gasteiger partial charge in [-0.25, -0.2) is 4.39 Å². The van der Waals surface area contributed by atoms with Crippen LogP contribution in [0.25, 0.3) is 22.0 Å². The van der Waals surface area contributed by atoms with E-state index in [0.717, 1.165) is 51.8 Å². The number of fused-ring (bicyclic) bond motifs is 3. The van der Waals surface area contributed by atoms with Gasteiger partial charge in [0.1, 0.15) is 17.6 Å². The van der Waals surface area contributed by atoms with Crippen LogP contribution in [0.1, 0.15) is 98.9 Å². The van der Waals surface area contributed by atoms with E-state index in [1.54, 1.807) is 43.6 Å². The number of aromatic nitrogens is 2. The molecule has 294 valence electrons. The highest BCUT2D eigenvalue weighted by Crippen LogP contribution is 2.41. The van der Waals surface area contributed by atoms with Crippen molar-refractivity contribution >= 4 is 51.8 Å². The van der Waals surface area contributed by atoms with Crippen molar-refractivity contribution in [2.45, 2.75) is 64.5 Å². The van der Waals surface area contributed by atoms with Crippen LogP contribution in [0.2, 0.25) is 0 Å². The molecule has 1 unspecified atom stereocenters. The second kappa shape index (κ2) is 15.6. The Morgan fingerprint density at radius 3 is 2.64 bits per heavy atom. The van der Waals surface area contributed by atoms with Gasteiger partial charge in [-0.15, -0.1) is 0 Å². The number of aryl methyl sites for hydroxylation is 1. The van der Waals surface area contributed by atoms with E-state index in [9.17, 15) is 24.0 Å². The van der Waals surface area contributed by atoms with Crippen LogP contribution >= 0.6 is 0 Å². The topological polar surface area (TPSA) is 157 Å². The Kier molecular flexibility index (Phi) is 10.3. The molecule has 13 heteroatoms. The number of H-pyrrole nitrogens is 1. The number of anilines is 2. The molecule has 8 rings (SSSR count). The molecule has 1 saturated heterocycles. The summed E-state index contributed by atoms with van der Waals surface area (Å²) in [6, 6.07) is 15.4. The number of amides is 5. The zero-order valence-electron chi connectivity index (χ0n) is 32.4. The number of rotatable bonds is 8. The molecule has 12 nitrogen and oxygen atoms in total. The number of aromatic amines is 1. The highest BCUT2D eigenvalue weighted by Gasteiger charge is 2.39. The van der Waals surface area contributed by atoms with Gasteiger partial charge in [0, 0.05) is 96.4 Å². The van der Waals surface area contributed by atoms with E-state index in [2.05, 4.69) is 62.6 Å². The molecule has 1 atom stereocenters. The first-order chi connectivity index (χ1) is 28.0. The predicted molar refractivity (Wildman–Crippen MR) is 217 cm³/mol. The second-order valence-electron chi connectivity index (χ2n) is 15.1. The fourth-order valence-electron chi connectivity index (χ4n) is 8.15. The predicted octanol–water partition coefficient (Wildman–Crippen LogP) is 5.87. The van der Waals surface area contributed by atoms with Gasteiger partial charge in [-0.3, -0.25) is 34.3 Å². The standard InChI is InChI=1S/C45H42FN7O5/c1-25(2)31-19-29(20-33-34(42(55)47-3)23-50-41(31)33)52-17-7-10-27-18-32(36(46)21-39(27)52)28-12-13-37(49-22-28)43(56)48-16-5-4-8-26-9-6-11-30-35(26)24-53(45(30)58)38-14-15-40(54)51-44(38)57/h6,9,11-13,18-23,25,38,50H,5,7,10,14-17,24H2,1-3H3,(H,47,55)(H,48,56)(H,51,54,57). The molecule has 0 spiro atoms. The largest absolute Gasteiger partial charge is 0.360 e. The lowest BCUT2D eigenvalue weighted by Gasteiger charge is -2.32.